The molecule has 96 valence electrons. The van der Waals surface area contributed by atoms with Gasteiger partial charge in [-0.1, -0.05) is 12.1 Å². The van der Waals surface area contributed by atoms with Crippen molar-refractivity contribution in [2.24, 2.45) is 5.41 Å². The standard InChI is InChI=1S/C15H20N2O/c1-16-10-15(5-6-15)9-11-3-4-13-12(7-11)8-14(18)17(13)2/h3-4,7,16H,5-6,8-10H2,1-2H3. The van der Waals surface area contributed by atoms with Crippen LogP contribution in [0.25, 0.3) is 0 Å². The molecule has 0 bridgehead atoms. The van der Waals surface area contributed by atoms with Crippen LogP contribution < -0.4 is 10.2 Å². The zero-order valence-corrected chi connectivity index (χ0v) is 11.1. The molecule has 1 aliphatic heterocycles. The third-order valence-corrected chi connectivity index (χ3v) is 4.31. The largest absolute Gasteiger partial charge is 0.319 e. The number of carbonyl (C=O) groups excluding carboxylic acids is 1. The van der Waals surface area contributed by atoms with Crippen molar-refractivity contribution in [1.82, 2.24) is 5.32 Å². The summed E-state index contributed by atoms with van der Waals surface area (Å²) >= 11 is 0. The third-order valence-electron chi connectivity index (χ3n) is 4.31. The van der Waals surface area contributed by atoms with Gasteiger partial charge in [-0.3, -0.25) is 4.79 Å². The Kier molecular flexibility index (Phi) is 2.67. The van der Waals surface area contributed by atoms with Crippen LogP contribution >= 0.6 is 0 Å². The van der Waals surface area contributed by atoms with E-state index in [4.69, 9.17) is 0 Å². The molecule has 1 heterocycles. The predicted molar refractivity (Wildman–Crippen MR) is 72.9 cm³/mol. The highest BCUT2D eigenvalue weighted by molar-refractivity contribution is 6.00. The van der Waals surface area contributed by atoms with Crippen LogP contribution in [0, 0.1) is 5.41 Å². The van der Waals surface area contributed by atoms with E-state index < -0.39 is 0 Å². The maximum absolute atomic E-state index is 11.7. The minimum atomic E-state index is 0.207. The average molecular weight is 244 g/mol. The van der Waals surface area contributed by atoms with E-state index in [2.05, 4.69) is 23.5 Å². The summed E-state index contributed by atoms with van der Waals surface area (Å²) < 4.78 is 0. The molecule has 1 N–H and O–H groups in total. The zero-order chi connectivity index (χ0) is 12.8. The zero-order valence-electron chi connectivity index (χ0n) is 11.1. The molecule has 1 aromatic rings. The molecule has 0 spiro atoms. The third kappa shape index (κ3) is 1.93. The lowest BCUT2D eigenvalue weighted by atomic mass is 9.95. The molecule has 1 aromatic carbocycles. The molecule has 1 fully saturated rings. The van der Waals surface area contributed by atoms with E-state index >= 15 is 0 Å². The number of anilines is 1. The van der Waals surface area contributed by atoms with Crippen molar-refractivity contribution in [1.29, 1.82) is 0 Å². The molecular weight excluding hydrogens is 224 g/mol. The van der Waals surface area contributed by atoms with Gasteiger partial charge in [-0.2, -0.15) is 0 Å². The monoisotopic (exact) mass is 244 g/mol. The lowest BCUT2D eigenvalue weighted by Gasteiger charge is -2.16. The number of benzene rings is 1. The van der Waals surface area contributed by atoms with Crippen molar-refractivity contribution < 1.29 is 4.79 Å². The van der Waals surface area contributed by atoms with Gasteiger partial charge >= 0.3 is 0 Å². The summed E-state index contributed by atoms with van der Waals surface area (Å²) in [4.78, 5) is 13.4. The molecule has 0 unspecified atom stereocenters. The van der Waals surface area contributed by atoms with Crippen LogP contribution in [0.15, 0.2) is 18.2 Å². The van der Waals surface area contributed by atoms with Gasteiger partial charge in [0.1, 0.15) is 0 Å². The van der Waals surface area contributed by atoms with Gasteiger partial charge in [0.05, 0.1) is 6.42 Å². The first-order chi connectivity index (χ1) is 8.63. The highest BCUT2D eigenvalue weighted by atomic mass is 16.2. The summed E-state index contributed by atoms with van der Waals surface area (Å²) in [6.07, 6.45) is 4.35. The van der Waals surface area contributed by atoms with Crippen molar-refractivity contribution in [2.45, 2.75) is 25.7 Å². The topological polar surface area (TPSA) is 32.3 Å². The van der Waals surface area contributed by atoms with Gasteiger partial charge < -0.3 is 10.2 Å². The van der Waals surface area contributed by atoms with Crippen molar-refractivity contribution in [3.63, 3.8) is 0 Å². The maximum atomic E-state index is 11.7. The number of likely N-dealkylation sites (N-methyl/N-ethyl adjacent to an activating group) is 1. The van der Waals surface area contributed by atoms with E-state index in [1.165, 1.54) is 24.0 Å². The minimum absolute atomic E-state index is 0.207. The lowest BCUT2D eigenvalue weighted by molar-refractivity contribution is -0.117. The van der Waals surface area contributed by atoms with Gasteiger partial charge in [0, 0.05) is 19.3 Å². The van der Waals surface area contributed by atoms with Crippen LogP contribution in [0.5, 0.6) is 0 Å². The molecule has 3 rings (SSSR count). The first kappa shape index (κ1) is 11.7. The molecule has 2 aliphatic rings. The van der Waals surface area contributed by atoms with Gasteiger partial charge in [0.25, 0.3) is 0 Å². The number of nitrogens with one attached hydrogen (secondary N) is 1. The summed E-state index contributed by atoms with van der Waals surface area (Å²) in [5, 5.41) is 3.29. The number of rotatable bonds is 4. The maximum Gasteiger partial charge on any atom is 0.231 e. The van der Waals surface area contributed by atoms with E-state index in [1.54, 1.807) is 4.90 Å². The van der Waals surface area contributed by atoms with Crippen LogP contribution in [-0.2, 0) is 17.6 Å². The Morgan fingerprint density at radius 2 is 2.17 bits per heavy atom. The number of amides is 1. The fraction of sp³-hybridized carbons (Fsp3) is 0.533. The molecule has 3 nitrogen and oxygen atoms in total. The summed E-state index contributed by atoms with van der Waals surface area (Å²) in [6, 6.07) is 6.52. The highest BCUT2D eigenvalue weighted by Gasteiger charge is 2.41. The van der Waals surface area contributed by atoms with Crippen molar-refractivity contribution in [2.75, 3.05) is 25.5 Å². The summed E-state index contributed by atoms with van der Waals surface area (Å²) in [7, 11) is 3.88. The van der Waals surface area contributed by atoms with Crippen LogP contribution in [0.4, 0.5) is 5.69 Å². The van der Waals surface area contributed by atoms with Gasteiger partial charge in [0.15, 0.2) is 0 Å². The predicted octanol–water partition coefficient (Wildman–Crippen LogP) is 1.75. The van der Waals surface area contributed by atoms with Crippen LogP contribution in [0.2, 0.25) is 0 Å². The average Bonchev–Trinajstić information content (AvgIpc) is 3.02. The lowest BCUT2D eigenvalue weighted by Crippen LogP contribution is -2.22. The summed E-state index contributed by atoms with van der Waals surface area (Å²) in [5.41, 5.74) is 4.14. The Morgan fingerprint density at radius 1 is 1.39 bits per heavy atom. The summed E-state index contributed by atoms with van der Waals surface area (Å²) in [6.45, 7) is 1.10. The van der Waals surface area contributed by atoms with Gasteiger partial charge in [-0.15, -0.1) is 0 Å². The highest BCUT2D eigenvalue weighted by Crippen LogP contribution is 2.48. The van der Waals surface area contributed by atoms with Gasteiger partial charge in [-0.25, -0.2) is 0 Å². The quantitative estimate of drug-likeness (QED) is 0.875. The Morgan fingerprint density at radius 3 is 2.83 bits per heavy atom. The molecule has 0 radical (unpaired) electrons. The molecule has 1 aliphatic carbocycles. The van der Waals surface area contributed by atoms with Crippen LogP contribution in [0.3, 0.4) is 0 Å². The Bertz CT molecular complexity index is 491. The number of hydrogen-bond donors (Lipinski definition) is 1. The van der Waals surface area contributed by atoms with Crippen molar-refractivity contribution >= 4 is 11.6 Å². The second-order valence-corrected chi connectivity index (χ2v) is 5.80. The van der Waals surface area contributed by atoms with Crippen LogP contribution in [0.1, 0.15) is 24.0 Å². The number of nitrogens with zero attached hydrogens (tertiary/aromatic N) is 1. The first-order valence-corrected chi connectivity index (χ1v) is 6.67. The Hall–Kier alpha value is -1.35. The van der Waals surface area contributed by atoms with E-state index in [0.717, 1.165) is 18.7 Å². The molecule has 0 aromatic heterocycles. The second-order valence-electron chi connectivity index (χ2n) is 5.80. The second kappa shape index (κ2) is 4.09. The molecular formula is C15H20N2O. The Balaban J connectivity index is 1.80. The van der Waals surface area contributed by atoms with Crippen molar-refractivity contribution in [3.05, 3.63) is 29.3 Å². The fourth-order valence-corrected chi connectivity index (χ4v) is 3.03. The number of hydrogen-bond acceptors (Lipinski definition) is 2. The van der Waals surface area contributed by atoms with E-state index in [0.29, 0.717) is 11.8 Å². The molecule has 0 saturated heterocycles. The number of fused-ring (bicyclic) bond motifs is 1. The molecule has 18 heavy (non-hydrogen) atoms. The smallest absolute Gasteiger partial charge is 0.231 e. The molecule has 1 amide bonds. The fourth-order valence-electron chi connectivity index (χ4n) is 3.03. The Labute approximate surface area is 108 Å². The molecule has 1 saturated carbocycles. The first-order valence-electron chi connectivity index (χ1n) is 6.67. The minimum Gasteiger partial charge on any atom is -0.319 e. The number of carbonyl (C=O) groups is 1. The van der Waals surface area contributed by atoms with Gasteiger partial charge in [0.2, 0.25) is 5.91 Å². The SMILES string of the molecule is CNCC1(Cc2ccc3c(c2)CC(=O)N3C)CC1. The van der Waals surface area contributed by atoms with E-state index in [1.807, 2.05) is 14.1 Å². The van der Waals surface area contributed by atoms with E-state index in [-0.39, 0.29) is 5.91 Å². The van der Waals surface area contributed by atoms with Crippen molar-refractivity contribution in [3.8, 4) is 0 Å². The van der Waals surface area contributed by atoms with E-state index in [9.17, 15) is 4.79 Å². The molecule has 0 atom stereocenters. The summed E-state index contributed by atoms with van der Waals surface area (Å²) in [5.74, 6) is 0.207. The van der Waals surface area contributed by atoms with Gasteiger partial charge in [-0.05, 0) is 48.9 Å². The molecule has 3 heteroatoms. The normalized spacial score (nSPS) is 20.1. The van der Waals surface area contributed by atoms with Crippen LogP contribution in [-0.4, -0.2) is 26.5 Å².